The van der Waals surface area contributed by atoms with Gasteiger partial charge in [0.1, 0.15) is 0 Å². The summed E-state index contributed by atoms with van der Waals surface area (Å²) < 4.78 is 5.32. The van der Waals surface area contributed by atoms with Crippen molar-refractivity contribution < 1.29 is 4.74 Å². The van der Waals surface area contributed by atoms with E-state index in [2.05, 4.69) is 46.3 Å². The van der Waals surface area contributed by atoms with Crippen LogP contribution in [-0.2, 0) is 4.74 Å². The van der Waals surface area contributed by atoms with Gasteiger partial charge in [0.25, 0.3) is 0 Å². The number of guanidine groups is 1. The molecule has 0 aromatic carbocycles. The number of ether oxygens (including phenoxy) is 1. The molecule has 0 radical (unpaired) electrons. The van der Waals surface area contributed by atoms with Crippen LogP contribution < -0.4 is 10.6 Å². The minimum absolute atomic E-state index is 0. The van der Waals surface area contributed by atoms with E-state index in [1.54, 1.807) is 11.3 Å². The van der Waals surface area contributed by atoms with Crippen LogP contribution in [0.4, 0.5) is 0 Å². The molecule has 0 amide bonds. The van der Waals surface area contributed by atoms with Gasteiger partial charge in [-0.05, 0) is 42.7 Å². The molecule has 0 aliphatic rings. The second-order valence-corrected chi connectivity index (χ2v) is 5.43. The monoisotopic (exact) mass is 425 g/mol. The second kappa shape index (κ2) is 13.3. The van der Waals surface area contributed by atoms with Gasteiger partial charge in [0, 0.05) is 38.8 Å². The normalized spacial score (nSPS) is 12.6. The van der Waals surface area contributed by atoms with E-state index < -0.39 is 0 Å². The Labute approximate surface area is 149 Å². The standard InChI is InChI=1S/C15H27N3OS.HI/c1-4-16-15(17-8-6-9-19-5-2)18-11-13(3)14-7-10-20-12-14;/h7,10,12-13H,4-6,8-9,11H2,1-3H3,(H2,16,17,18);1H. The summed E-state index contributed by atoms with van der Waals surface area (Å²) in [7, 11) is 0. The summed E-state index contributed by atoms with van der Waals surface area (Å²) in [6.45, 7) is 10.5. The molecule has 1 rings (SSSR count). The first-order chi connectivity index (χ1) is 9.77. The van der Waals surface area contributed by atoms with Crippen LogP contribution in [0, 0.1) is 0 Å². The Morgan fingerprint density at radius 1 is 1.38 bits per heavy atom. The highest BCUT2D eigenvalue weighted by molar-refractivity contribution is 14.0. The number of rotatable bonds is 9. The maximum Gasteiger partial charge on any atom is 0.191 e. The summed E-state index contributed by atoms with van der Waals surface area (Å²) in [5.41, 5.74) is 1.37. The highest BCUT2D eigenvalue weighted by Crippen LogP contribution is 2.18. The maximum atomic E-state index is 5.32. The molecule has 1 aromatic rings. The van der Waals surface area contributed by atoms with Crippen LogP contribution in [0.25, 0.3) is 0 Å². The van der Waals surface area contributed by atoms with Gasteiger partial charge in [-0.15, -0.1) is 24.0 Å². The molecule has 0 fully saturated rings. The lowest BCUT2D eigenvalue weighted by molar-refractivity contribution is 0.145. The highest BCUT2D eigenvalue weighted by Gasteiger charge is 2.05. The van der Waals surface area contributed by atoms with Crippen LogP contribution in [0.3, 0.4) is 0 Å². The average molecular weight is 425 g/mol. The SMILES string of the molecule is CCNC(=NCC(C)c1ccsc1)NCCCOCC.I. The van der Waals surface area contributed by atoms with E-state index in [1.807, 2.05) is 6.92 Å². The number of nitrogens with one attached hydrogen (secondary N) is 2. The molecule has 4 nitrogen and oxygen atoms in total. The minimum Gasteiger partial charge on any atom is -0.382 e. The minimum atomic E-state index is 0. The van der Waals surface area contributed by atoms with Crippen LogP contribution in [0.2, 0.25) is 0 Å². The molecule has 0 aliphatic heterocycles. The van der Waals surface area contributed by atoms with Crippen LogP contribution in [0.15, 0.2) is 21.8 Å². The van der Waals surface area contributed by atoms with E-state index in [-0.39, 0.29) is 24.0 Å². The van der Waals surface area contributed by atoms with E-state index >= 15 is 0 Å². The Balaban J connectivity index is 0.00000400. The lowest BCUT2D eigenvalue weighted by Crippen LogP contribution is -2.38. The molecule has 1 atom stereocenters. The Morgan fingerprint density at radius 3 is 2.81 bits per heavy atom. The summed E-state index contributed by atoms with van der Waals surface area (Å²) in [6, 6.07) is 2.17. The van der Waals surface area contributed by atoms with Crippen molar-refractivity contribution in [2.75, 3.05) is 32.8 Å². The van der Waals surface area contributed by atoms with Crippen molar-refractivity contribution in [1.82, 2.24) is 10.6 Å². The Bertz CT molecular complexity index is 371. The summed E-state index contributed by atoms with van der Waals surface area (Å²) in [6.07, 6.45) is 0.998. The van der Waals surface area contributed by atoms with E-state index in [0.717, 1.165) is 45.2 Å². The number of nitrogens with zero attached hydrogens (tertiary/aromatic N) is 1. The largest absolute Gasteiger partial charge is 0.382 e. The predicted molar refractivity (Wildman–Crippen MR) is 103 cm³/mol. The molecule has 122 valence electrons. The van der Waals surface area contributed by atoms with Gasteiger partial charge in [0.15, 0.2) is 5.96 Å². The van der Waals surface area contributed by atoms with Crippen LogP contribution in [0.5, 0.6) is 0 Å². The molecular formula is C15H28IN3OS. The van der Waals surface area contributed by atoms with Crippen LogP contribution in [-0.4, -0.2) is 38.8 Å². The van der Waals surface area contributed by atoms with Crippen molar-refractivity contribution in [3.8, 4) is 0 Å². The lowest BCUT2D eigenvalue weighted by Gasteiger charge is -2.13. The summed E-state index contributed by atoms with van der Waals surface area (Å²) in [5.74, 6) is 1.35. The second-order valence-electron chi connectivity index (χ2n) is 4.65. The van der Waals surface area contributed by atoms with Crippen LogP contribution >= 0.6 is 35.3 Å². The van der Waals surface area contributed by atoms with E-state index in [0.29, 0.717) is 5.92 Å². The first-order valence-electron chi connectivity index (χ1n) is 7.39. The highest BCUT2D eigenvalue weighted by atomic mass is 127. The van der Waals surface area contributed by atoms with Crippen molar-refractivity contribution in [2.45, 2.75) is 33.1 Å². The molecule has 0 saturated heterocycles. The molecule has 6 heteroatoms. The summed E-state index contributed by atoms with van der Waals surface area (Å²) in [4.78, 5) is 4.65. The third-order valence-electron chi connectivity index (χ3n) is 2.94. The zero-order valence-corrected chi connectivity index (χ0v) is 16.4. The first kappa shape index (κ1) is 20.7. The van der Waals surface area contributed by atoms with Gasteiger partial charge in [-0.2, -0.15) is 11.3 Å². The zero-order valence-electron chi connectivity index (χ0n) is 13.2. The molecule has 0 saturated carbocycles. The van der Waals surface area contributed by atoms with Gasteiger partial charge in [-0.1, -0.05) is 6.92 Å². The maximum absolute atomic E-state index is 5.32. The van der Waals surface area contributed by atoms with Gasteiger partial charge < -0.3 is 15.4 Å². The molecule has 1 aromatic heterocycles. The Hall–Kier alpha value is -0.340. The smallest absolute Gasteiger partial charge is 0.191 e. The van der Waals surface area contributed by atoms with Gasteiger partial charge in [-0.3, -0.25) is 4.99 Å². The Kier molecular flexibility index (Phi) is 13.1. The fourth-order valence-electron chi connectivity index (χ4n) is 1.76. The number of hydrogen-bond acceptors (Lipinski definition) is 3. The topological polar surface area (TPSA) is 45.7 Å². The van der Waals surface area contributed by atoms with Crippen molar-refractivity contribution in [1.29, 1.82) is 0 Å². The number of thiophene rings is 1. The fraction of sp³-hybridized carbons (Fsp3) is 0.667. The first-order valence-corrected chi connectivity index (χ1v) is 8.34. The van der Waals surface area contributed by atoms with Crippen molar-refractivity contribution in [2.24, 2.45) is 4.99 Å². The van der Waals surface area contributed by atoms with Crippen molar-refractivity contribution in [3.05, 3.63) is 22.4 Å². The predicted octanol–water partition coefficient (Wildman–Crippen LogP) is 3.45. The average Bonchev–Trinajstić information content (AvgIpc) is 2.98. The molecule has 0 aliphatic carbocycles. The van der Waals surface area contributed by atoms with Gasteiger partial charge >= 0.3 is 0 Å². The van der Waals surface area contributed by atoms with Gasteiger partial charge in [0.2, 0.25) is 0 Å². The molecule has 0 spiro atoms. The van der Waals surface area contributed by atoms with E-state index in [1.165, 1.54) is 5.56 Å². The Morgan fingerprint density at radius 2 is 2.19 bits per heavy atom. The molecule has 1 heterocycles. The number of hydrogen-bond donors (Lipinski definition) is 2. The molecule has 2 N–H and O–H groups in total. The number of aliphatic imine (C=N–C) groups is 1. The van der Waals surface area contributed by atoms with Crippen molar-refractivity contribution >= 4 is 41.3 Å². The fourth-order valence-corrected chi connectivity index (χ4v) is 2.54. The third kappa shape index (κ3) is 9.31. The van der Waals surface area contributed by atoms with Crippen molar-refractivity contribution in [3.63, 3.8) is 0 Å². The molecule has 21 heavy (non-hydrogen) atoms. The van der Waals surface area contributed by atoms with E-state index in [4.69, 9.17) is 4.74 Å². The van der Waals surface area contributed by atoms with Crippen LogP contribution in [0.1, 0.15) is 38.7 Å². The van der Waals surface area contributed by atoms with Gasteiger partial charge in [-0.25, -0.2) is 0 Å². The van der Waals surface area contributed by atoms with E-state index in [9.17, 15) is 0 Å². The molecular weight excluding hydrogens is 397 g/mol. The summed E-state index contributed by atoms with van der Waals surface area (Å²) in [5, 5.41) is 10.9. The zero-order chi connectivity index (χ0) is 14.6. The quantitative estimate of drug-likeness (QED) is 0.276. The lowest BCUT2D eigenvalue weighted by atomic mass is 10.1. The molecule has 0 bridgehead atoms. The van der Waals surface area contributed by atoms with Gasteiger partial charge in [0.05, 0.1) is 0 Å². The summed E-state index contributed by atoms with van der Waals surface area (Å²) >= 11 is 1.74. The number of halogens is 1. The molecule has 1 unspecified atom stereocenters. The third-order valence-corrected chi connectivity index (χ3v) is 3.64.